The maximum absolute atomic E-state index is 13.1. The number of piperidine rings is 1. The minimum Gasteiger partial charge on any atom is -0.369 e. The van der Waals surface area contributed by atoms with Crippen molar-refractivity contribution in [2.24, 2.45) is 11.7 Å². The fraction of sp³-hybridized carbons (Fsp3) is 0.292. The van der Waals surface area contributed by atoms with Crippen LogP contribution in [0.25, 0.3) is 10.9 Å². The number of hydrogen-bond acceptors (Lipinski definition) is 6. The molecule has 0 unspecified atom stereocenters. The molecule has 1 aliphatic rings. The van der Waals surface area contributed by atoms with E-state index in [1.54, 1.807) is 46.1 Å². The maximum atomic E-state index is 13.1. The van der Waals surface area contributed by atoms with Gasteiger partial charge in [0.25, 0.3) is 11.5 Å². The van der Waals surface area contributed by atoms with Gasteiger partial charge >= 0.3 is 0 Å². The van der Waals surface area contributed by atoms with Gasteiger partial charge in [0.05, 0.1) is 10.9 Å². The Balaban J connectivity index is 1.63. The first-order valence-corrected chi connectivity index (χ1v) is 11.7. The lowest BCUT2D eigenvalue weighted by Crippen LogP contribution is -2.41. The maximum Gasteiger partial charge on any atom is 0.262 e. The Labute approximate surface area is 195 Å². The van der Waals surface area contributed by atoms with Gasteiger partial charge in [-0.15, -0.1) is 6.58 Å². The first kappa shape index (κ1) is 22.7. The van der Waals surface area contributed by atoms with Crippen LogP contribution in [0.4, 0.5) is 0 Å². The van der Waals surface area contributed by atoms with Crippen LogP contribution < -0.4 is 11.3 Å². The zero-order chi connectivity index (χ0) is 23.4. The van der Waals surface area contributed by atoms with E-state index in [0.717, 1.165) is 5.56 Å². The van der Waals surface area contributed by atoms with Crippen LogP contribution in [0.3, 0.4) is 0 Å². The third-order valence-corrected chi connectivity index (χ3v) is 6.80. The molecule has 1 aliphatic heterocycles. The highest BCUT2D eigenvalue weighted by Gasteiger charge is 2.26. The van der Waals surface area contributed by atoms with Gasteiger partial charge in [-0.3, -0.25) is 23.9 Å². The van der Waals surface area contributed by atoms with Crippen molar-refractivity contribution in [2.75, 3.05) is 13.1 Å². The summed E-state index contributed by atoms with van der Waals surface area (Å²) in [5.41, 5.74) is 7.19. The van der Waals surface area contributed by atoms with Gasteiger partial charge in [0.2, 0.25) is 5.91 Å². The summed E-state index contributed by atoms with van der Waals surface area (Å²) < 4.78 is 1.59. The second-order valence-corrected chi connectivity index (χ2v) is 8.89. The molecule has 33 heavy (non-hydrogen) atoms. The minimum absolute atomic E-state index is 0.138. The van der Waals surface area contributed by atoms with Crippen molar-refractivity contribution in [3.8, 4) is 0 Å². The molecule has 2 amide bonds. The number of likely N-dealkylation sites (tertiary alicyclic amines) is 1. The number of thioether (sulfide) groups is 1. The van der Waals surface area contributed by atoms with Crippen LogP contribution in [-0.4, -0.2) is 44.3 Å². The molecule has 0 radical (unpaired) electrons. The molecule has 170 valence electrons. The van der Waals surface area contributed by atoms with Gasteiger partial charge < -0.3 is 10.6 Å². The Morgan fingerprint density at radius 1 is 1.24 bits per heavy atom. The average molecular weight is 464 g/mol. The molecule has 1 aromatic carbocycles. The summed E-state index contributed by atoms with van der Waals surface area (Å²) in [6.07, 6.45) is 6.28. The molecular weight excluding hydrogens is 438 g/mol. The Morgan fingerprint density at radius 2 is 2.03 bits per heavy atom. The van der Waals surface area contributed by atoms with Crippen molar-refractivity contribution >= 4 is 34.5 Å². The zero-order valence-corrected chi connectivity index (χ0v) is 19.0. The number of fused-ring (bicyclic) bond motifs is 1. The molecule has 4 rings (SSSR count). The Hall–Kier alpha value is -3.46. The highest BCUT2D eigenvalue weighted by atomic mass is 32.2. The first-order chi connectivity index (χ1) is 16.0. The van der Waals surface area contributed by atoms with E-state index in [4.69, 9.17) is 10.7 Å². The number of carbonyl (C=O) groups excluding carboxylic acids is 2. The number of allylic oxidation sites excluding steroid dienone is 1. The topological polar surface area (TPSA) is 111 Å². The van der Waals surface area contributed by atoms with Crippen LogP contribution in [0.5, 0.6) is 0 Å². The summed E-state index contributed by atoms with van der Waals surface area (Å²) in [6.45, 7) is 5.05. The van der Waals surface area contributed by atoms with E-state index in [1.807, 2.05) is 12.1 Å². The second kappa shape index (κ2) is 9.99. The molecule has 2 aromatic heterocycles. The van der Waals surface area contributed by atoms with E-state index < -0.39 is 0 Å². The Bertz CT molecular complexity index is 1250. The van der Waals surface area contributed by atoms with Gasteiger partial charge in [0.15, 0.2) is 5.16 Å². The number of primary amides is 1. The van der Waals surface area contributed by atoms with Crippen LogP contribution in [0.1, 0.15) is 28.8 Å². The molecular formula is C24H25N5O3S. The van der Waals surface area contributed by atoms with Gasteiger partial charge in [-0.2, -0.15) is 0 Å². The molecule has 3 aromatic rings. The van der Waals surface area contributed by atoms with Crippen LogP contribution in [0.15, 0.2) is 65.3 Å². The number of hydrogen-bond donors (Lipinski definition) is 1. The van der Waals surface area contributed by atoms with Crippen LogP contribution in [0.2, 0.25) is 0 Å². The molecule has 2 N–H and O–H groups in total. The van der Waals surface area contributed by atoms with Gasteiger partial charge in [0, 0.05) is 49.3 Å². The van der Waals surface area contributed by atoms with Crippen molar-refractivity contribution in [3.05, 3.63) is 76.9 Å². The number of nitrogens with zero attached hydrogens (tertiary/aromatic N) is 4. The fourth-order valence-corrected chi connectivity index (χ4v) is 4.86. The number of rotatable bonds is 7. The molecule has 0 atom stereocenters. The molecule has 0 saturated carbocycles. The summed E-state index contributed by atoms with van der Waals surface area (Å²) in [4.78, 5) is 48.1. The molecule has 8 nitrogen and oxygen atoms in total. The molecule has 1 saturated heterocycles. The first-order valence-electron chi connectivity index (χ1n) is 10.7. The smallest absolute Gasteiger partial charge is 0.262 e. The summed E-state index contributed by atoms with van der Waals surface area (Å²) in [5, 5.41) is 1.01. The predicted molar refractivity (Wildman–Crippen MR) is 128 cm³/mol. The summed E-state index contributed by atoms with van der Waals surface area (Å²) in [5.74, 6) is -0.0308. The van der Waals surface area contributed by atoms with Crippen LogP contribution in [-0.2, 0) is 17.1 Å². The van der Waals surface area contributed by atoms with E-state index in [0.29, 0.717) is 59.9 Å². The number of benzene rings is 1. The van der Waals surface area contributed by atoms with Crippen LogP contribution in [0, 0.1) is 5.92 Å². The largest absolute Gasteiger partial charge is 0.369 e. The molecule has 0 bridgehead atoms. The van der Waals surface area contributed by atoms with Crippen molar-refractivity contribution in [2.45, 2.75) is 30.3 Å². The van der Waals surface area contributed by atoms with Gasteiger partial charge in [-0.1, -0.05) is 23.9 Å². The van der Waals surface area contributed by atoms with E-state index in [2.05, 4.69) is 11.6 Å². The quantitative estimate of drug-likeness (QED) is 0.328. The third kappa shape index (κ3) is 4.98. The van der Waals surface area contributed by atoms with Crippen LogP contribution >= 0.6 is 11.8 Å². The number of amides is 2. The van der Waals surface area contributed by atoms with E-state index in [-0.39, 0.29) is 23.3 Å². The summed E-state index contributed by atoms with van der Waals surface area (Å²) in [6, 6.07) is 8.82. The Morgan fingerprint density at radius 3 is 2.70 bits per heavy atom. The number of aromatic nitrogens is 3. The Kier molecular flexibility index (Phi) is 6.88. The predicted octanol–water partition coefficient (Wildman–Crippen LogP) is 2.61. The minimum atomic E-state index is -0.316. The van der Waals surface area contributed by atoms with Gasteiger partial charge in [-0.05, 0) is 42.7 Å². The third-order valence-electron chi connectivity index (χ3n) is 5.75. The molecule has 0 aliphatic carbocycles. The molecule has 3 heterocycles. The molecule has 0 spiro atoms. The monoisotopic (exact) mass is 463 g/mol. The molecule has 9 heteroatoms. The number of nitrogens with two attached hydrogens (primary N) is 1. The molecule has 1 fully saturated rings. The van der Waals surface area contributed by atoms with E-state index in [9.17, 15) is 14.4 Å². The summed E-state index contributed by atoms with van der Waals surface area (Å²) >= 11 is 1.44. The second-order valence-electron chi connectivity index (χ2n) is 7.95. The lowest BCUT2D eigenvalue weighted by molar-refractivity contribution is -0.123. The van der Waals surface area contributed by atoms with E-state index in [1.165, 1.54) is 11.8 Å². The van der Waals surface area contributed by atoms with Crippen molar-refractivity contribution in [1.82, 2.24) is 19.4 Å². The lowest BCUT2D eigenvalue weighted by Gasteiger charge is -2.30. The number of pyridine rings is 1. The van der Waals surface area contributed by atoms with Crippen molar-refractivity contribution < 1.29 is 9.59 Å². The van der Waals surface area contributed by atoms with Gasteiger partial charge in [0.1, 0.15) is 0 Å². The highest BCUT2D eigenvalue weighted by Crippen LogP contribution is 2.24. The zero-order valence-electron chi connectivity index (χ0n) is 18.1. The van der Waals surface area contributed by atoms with Gasteiger partial charge in [-0.25, -0.2) is 4.98 Å². The van der Waals surface area contributed by atoms with E-state index >= 15 is 0 Å². The van der Waals surface area contributed by atoms with Crippen molar-refractivity contribution in [1.29, 1.82) is 0 Å². The normalized spacial score (nSPS) is 14.4. The number of carbonyl (C=O) groups is 2. The van der Waals surface area contributed by atoms with Crippen molar-refractivity contribution in [3.63, 3.8) is 0 Å². The summed E-state index contributed by atoms with van der Waals surface area (Å²) in [7, 11) is 0. The SMILES string of the molecule is C=CCn1c(SCc2cccnc2)nc2cc(C(=O)N3CCC(C(N)=O)CC3)ccc2c1=O. The highest BCUT2D eigenvalue weighted by molar-refractivity contribution is 7.98. The standard InChI is InChI=1S/C24H25N5O3S/c1-2-10-29-23(32)19-6-5-18(22(31)28-11-7-17(8-12-28)21(25)30)13-20(19)27-24(29)33-15-16-4-3-9-26-14-16/h2-6,9,13-14,17H,1,7-8,10-12,15H2,(H2,25,30). The average Bonchev–Trinajstić information content (AvgIpc) is 2.84. The fourth-order valence-electron chi connectivity index (χ4n) is 3.92. The lowest BCUT2D eigenvalue weighted by atomic mass is 9.96.